The maximum atomic E-state index is 12.4. The number of methoxy groups -OCH3 is 1. The molecular formula is C22H25NO6. The van der Waals surface area contributed by atoms with Gasteiger partial charge in [0.25, 0.3) is 5.91 Å². The van der Waals surface area contributed by atoms with Crippen LogP contribution < -0.4 is 14.8 Å². The lowest BCUT2D eigenvalue weighted by Gasteiger charge is -2.15. The van der Waals surface area contributed by atoms with Crippen LogP contribution in [0.5, 0.6) is 11.5 Å². The summed E-state index contributed by atoms with van der Waals surface area (Å²) in [5.41, 5.74) is 1.29. The molecule has 1 N–H and O–H groups in total. The number of benzene rings is 2. The molecule has 0 heterocycles. The number of nitrogens with one attached hydrogen (secondary N) is 1. The second-order valence-corrected chi connectivity index (χ2v) is 6.38. The van der Waals surface area contributed by atoms with Gasteiger partial charge in [0, 0.05) is 11.3 Å². The number of carbonyl (C=O) groups is 3. The number of carbonyl (C=O) groups excluding carboxylic acids is 3. The normalized spacial score (nSPS) is 11.3. The molecule has 0 aromatic heterocycles. The fourth-order valence-corrected chi connectivity index (χ4v) is 2.44. The SMILES string of the molecule is CCCOc1ccc(C(=O)O[C@H](C)C(=O)Nc2ccc(C(C)=O)cc2)cc1OC. The first-order chi connectivity index (χ1) is 13.8. The summed E-state index contributed by atoms with van der Waals surface area (Å²) in [6, 6.07) is 11.2. The number of esters is 1. The molecule has 29 heavy (non-hydrogen) atoms. The number of ether oxygens (including phenoxy) is 3. The summed E-state index contributed by atoms with van der Waals surface area (Å²) in [5.74, 6) is -0.253. The highest BCUT2D eigenvalue weighted by Gasteiger charge is 2.20. The van der Waals surface area contributed by atoms with Crippen molar-refractivity contribution in [3.8, 4) is 11.5 Å². The minimum atomic E-state index is -1.02. The van der Waals surface area contributed by atoms with Gasteiger partial charge in [0.2, 0.25) is 0 Å². The number of rotatable bonds is 9. The van der Waals surface area contributed by atoms with Gasteiger partial charge in [-0.1, -0.05) is 6.92 Å². The van der Waals surface area contributed by atoms with E-state index in [0.29, 0.717) is 29.4 Å². The number of hydrogen-bond donors (Lipinski definition) is 1. The Balaban J connectivity index is 2.00. The van der Waals surface area contributed by atoms with Crippen LogP contribution in [0.25, 0.3) is 0 Å². The summed E-state index contributed by atoms with van der Waals surface area (Å²) in [4.78, 5) is 36.0. The van der Waals surface area contributed by atoms with Crippen molar-refractivity contribution in [1.82, 2.24) is 0 Å². The molecule has 0 radical (unpaired) electrons. The highest BCUT2D eigenvalue weighted by molar-refractivity contribution is 5.98. The lowest BCUT2D eigenvalue weighted by molar-refractivity contribution is -0.123. The standard InChI is InChI=1S/C22H25NO6/c1-5-12-28-19-11-8-17(13-20(19)27-4)22(26)29-15(3)21(25)23-18-9-6-16(7-10-18)14(2)24/h6-11,13,15H,5,12H2,1-4H3,(H,23,25)/t15-/m1/s1. The molecule has 1 atom stereocenters. The summed E-state index contributed by atoms with van der Waals surface area (Å²) in [7, 11) is 1.48. The largest absolute Gasteiger partial charge is 0.493 e. The molecule has 1 amide bonds. The Hall–Kier alpha value is -3.35. The molecule has 0 fully saturated rings. The summed E-state index contributed by atoms with van der Waals surface area (Å²) >= 11 is 0. The molecule has 2 rings (SSSR count). The van der Waals surface area contributed by atoms with E-state index in [1.807, 2.05) is 6.92 Å². The lowest BCUT2D eigenvalue weighted by Crippen LogP contribution is -2.30. The summed E-state index contributed by atoms with van der Waals surface area (Å²) in [5, 5.41) is 2.65. The summed E-state index contributed by atoms with van der Waals surface area (Å²) in [6.45, 7) is 5.47. The molecule has 0 aliphatic carbocycles. The Kier molecular flexibility index (Phi) is 7.77. The zero-order valence-electron chi connectivity index (χ0n) is 17.0. The molecular weight excluding hydrogens is 374 g/mol. The van der Waals surface area contributed by atoms with Crippen LogP contribution in [0.15, 0.2) is 42.5 Å². The van der Waals surface area contributed by atoms with E-state index in [1.54, 1.807) is 36.4 Å². The van der Waals surface area contributed by atoms with E-state index in [1.165, 1.54) is 27.0 Å². The van der Waals surface area contributed by atoms with Crippen LogP contribution in [0.2, 0.25) is 0 Å². The van der Waals surface area contributed by atoms with Crippen LogP contribution in [0.1, 0.15) is 47.9 Å². The smallest absolute Gasteiger partial charge is 0.339 e. The highest BCUT2D eigenvalue weighted by Crippen LogP contribution is 2.28. The third-order valence-corrected chi connectivity index (χ3v) is 4.07. The minimum absolute atomic E-state index is 0.0632. The predicted molar refractivity (Wildman–Crippen MR) is 109 cm³/mol. The van der Waals surface area contributed by atoms with Crippen molar-refractivity contribution in [3.05, 3.63) is 53.6 Å². The van der Waals surface area contributed by atoms with E-state index in [-0.39, 0.29) is 11.3 Å². The van der Waals surface area contributed by atoms with Gasteiger partial charge in [0.15, 0.2) is 23.4 Å². The molecule has 0 unspecified atom stereocenters. The van der Waals surface area contributed by atoms with Crippen LogP contribution in [0, 0.1) is 0 Å². The van der Waals surface area contributed by atoms with E-state index in [9.17, 15) is 14.4 Å². The molecule has 0 aliphatic heterocycles. The van der Waals surface area contributed by atoms with Gasteiger partial charge in [-0.05, 0) is 62.7 Å². The van der Waals surface area contributed by atoms with Gasteiger partial charge in [-0.3, -0.25) is 9.59 Å². The van der Waals surface area contributed by atoms with Gasteiger partial charge >= 0.3 is 5.97 Å². The highest BCUT2D eigenvalue weighted by atomic mass is 16.5. The Morgan fingerprint density at radius 2 is 1.66 bits per heavy atom. The first-order valence-corrected chi connectivity index (χ1v) is 9.29. The van der Waals surface area contributed by atoms with E-state index >= 15 is 0 Å². The first kappa shape index (κ1) is 21.9. The molecule has 0 saturated carbocycles. The van der Waals surface area contributed by atoms with E-state index in [0.717, 1.165) is 6.42 Å². The van der Waals surface area contributed by atoms with E-state index < -0.39 is 18.0 Å². The van der Waals surface area contributed by atoms with Crippen molar-refractivity contribution in [2.75, 3.05) is 19.0 Å². The Bertz CT molecular complexity index is 875. The van der Waals surface area contributed by atoms with E-state index in [4.69, 9.17) is 14.2 Å². The van der Waals surface area contributed by atoms with Crippen LogP contribution in [-0.2, 0) is 9.53 Å². The van der Waals surface area contributed by atoms with Crippen LogP contribution in [-0.4, -0.2) is 37.5 Å². The number of amides is 1. The van der Waals surface area contributed by atoms with Crippen molar-refractivity contribution >= 4 is 23.3 Å². The van der Waals surface area contributed by atoms with Gasteiger partial charge in [-0.2, -0.15) is 0 Å². The summed E-state index contributed by atoms with van der Waals surface area (Å²) in [6.07, 6.45) is -0.172. The molecule has 0 aliphatic rings. The molecule has 7 heteroatoms. The third-order valence-electron chi connectivity index (χ3n) is 4.07. The molecule has 0 bridgehead atoms. The van der Waals surface area contributed by atoms with E-state index in [2.05, 4.69) is 5.32 Å². The van der Waals surface area contributed by atoms with Crippen LogP contribution >= 0.6 is 0 Å². The topological polar surface area (TPSA) is 90.9 Å². The number of Topliss-reactive ketones (excluding diaryl/α,β-unsaturated/α-hetero) is 1. The van der Waals surface area contributed by atoms with Gasteiger partial charge in [-0.15, -0.1) is 0 Å². The maximum absolute atomic E-state index is 12.4. The van der Waals surface area contributed by atoms with Crippen molar-refractivity contribution in [1.29, 1.82) is 0 Å². The number of anilines is 1. The Morgan fingerprint density at radius 1 is 1.00 bits per heavy atom. The van der Waals surface area contributed by atoms with Gasteiger partial charge in [0.05, 0.1) is 19.3 Å². The fraction of sp³-hybridized carbons (Fsp3) is 0.318. The molecule has 0 saturated heterocycles. The van der Waals surface area contributed by atoms with Crippen LogP contribution in [0.4, 0.5) is 5.69 Å². The monoisotopic (exact) mass is 399 g/mol. The van der Waals surface area contributed by atoms with Gasteiger partial charge in [0.1, 0.15) is 0 Å². The van der Waals surface area contributed by atoms with Crippen molar-refractivity contribution < 1.29 is 28.6 Å². The quantitative estimate of drug-likeness (QED) is 0.508. The average molecular weight is 399 g/mol. The first-order valence-electron chi connectivity index (χ1n) is 9.29. The maximum Gasteiger partial charge on any atom is 0.339 e. The fourth-order valence-electron chi connectivity index (χ4n) is 2.44. The zero-order chi connectivity index (χ0) is 21.4. The molecule has 0 spiro atoms. The molecule has 7 nitrogen and oxygen atoms in total. The predicted octanol–water partition coefficient (Wildman–Crippen LogP) is 3.87. The van der Waals surface area contributed by atoms with Crippen molar-refractivity contribution in [2.45, 2.75) is 33.3 Å². The molecule has 154 valence electrons. The second-order valence-electron chi connectivity index (χ2n) is 6.38. The molecule has 2 aromatic rings. The second kappa shape index (κ2) is 10.3. The lowest BCUT2D eigenvalue weighted by atomic mass is 10.1. The number of ketones is 1. The average Bonchev–Trinajstić information content (AvgIpc) is 2.72. The van der Waals surface area contributed by atoms with Crippen molar-refractivity contribution in [2.24, 2.45) is 0 Å². The zero-order valence-corrected chi connectivity index (χ0v) is 17.0. The van der Waals surface area contributed by atoms with Crippen LogP contribution in [0.3, 0.4) is 0 Å². The van der Waals surface area contributed by atoms with Crippen molar-refractivity contribution in [3.63, 3.8) is 0 Å². The minimum Gasteiger partial charge on any atom is -0.493 e. The molecule has 2 aromatic carbocycles. The summed E-state index contributed by atoms with van der Waals surface area (Å²) < 4.78 is 16.1. The Labute approximate surface area is 170 Å². The van der Waals surface area contributed by atoms with Gasteiger partial charge < -0.3 is 19.5 Å². The third kappa shape index (κ3) is 6.07. The number of hydrogen-bond acceptors (Lipinski definition) is 6. The van der Waals surface area contributed by atoms with Gasteiger partial charge in [-0.25, -0.2) is 4.79 Å². The Morgan fingerprint density at radius 3 is 2.24 bits per heavy atom.